The van der Waals surface area contributed by atoms with Crippen LogP contribution in [0.25, 0.3) is 5.69 Å². The van der Waals surface area contributed by atoms with Gasteiger partial charge >= 0.3 is 0 Å². The summed E-state index contributed by atoms with van der Waals surface area (Å²) in [4.78, 5) is 23.2. The highest BCUT2D eigenvalue weighted by Crippen LogP contribution is 2.28. The molecule has 1 unspecified atom stereocenters. The van der Waals surface area contributed by atoms with Crippen molar-refractivity contribution in [2.75, 3.05) is 0 Å². The van der Waals surface area contributed by atoms with Gasteiger partial charge < -0.3 is 5.32 Å². The molecule has 1 aromatic heterocycles. The lowest BCUT2D eigenvalue weighted by molar-refractivity contribution is -0.384. The molecule has 3 aromatic carbocycles. The van der Waals surface area contributed by atoms with Crippen LogP contribution < -0.4 is 5.32 Å². The molecule has 1 N–H and O–H groups in total. The minimum Gasteiger partial charge on any atom is -0.342 e. The van der Waals surface area contributed by atoms with Crippen LogP contribution in [0.3, 0.4) is 0 Å². The number of nitrogens with zero attached hydrogens (tertiary/aromatic N) is 4. The number of amides is 1. The van der Waals surface area contributed by atoms with Crippen molar-refractivity contribution in [2.24, 2.45) is 0 Å². The predicted molar refractivity (Wildman–Crippen MR) is 126 cm³/mol. The smallest absolute Gasteiger partial charge is 0.269 e. The zero-order valence-corrected chi connectivity index (χ0v) is 19.2. The summed E-state index contributed by atoms with van der Waals surface area (Å²) in [5.41, 5.74) is 1.22. The van der Waals surface area contributed by atoms with E-state index in [1.54, 1.807) is 41.8 Å². The fourth-order valence-corrected chi connectivity index (χ4v) is 4.25. The molecule has 8 nitrogen and oxygen atoms in total. The summed E-state index contributed by atoms with van der Waals surface area (Å²) < 4.78 is 29.0. The van der Waals surface area contributed by atoms with Crippen LogP contribution in [-0.4, -0.2) is 25.6 Å². The number of carbonyl (C=O) groups excluding carboxylic acids is 1. The molecule has 0 radical (unpaired) electrons. The Hall–Kier alpha value is -4.12. The van der Waals surface area contributed by atoms with Crippen LogP contribution in [0.2, 0.25) is 0 Å². The molecule has 4 rings (SSSR count). The molecule has 4 aromatic rings. The molecule has 178 valence electrons. The van der Waals surface area contributed by atoms with E-state index >= 15 is 0 Å². The number of carbonyl (C=O) groups is 1. The van der Waals surface area contributed by atoms with Gasteiger partial charge in [-0.05, 0) is 48.9 Å². The van der Waals surface area contributed by atoms with Crippen LogP contribution >= 0.6 is 11.8 Å². The summed E-state index contributed by atoms with van der Waals surface area (Å²) in [6, 6.07) is 16.8. The lowest BCUT2D eigenvalue weighted by atomic mass is 10.2. The van der Waals surface area contributed by atoms with Gasteiger partial charge in [-0.3, -0.25) is 19.5 Å². The van der Waals surface area contributed by atoms with Gasteiger partial charge in [0.05, 0.1) is 16.5 Å². The molecule has 0 saturated carbocycles. The highest BCUT2D eigenvalue weighted by atomic mass is 32.2. The number of hydrogen-bond donors (Lipinski definition) is 1. The molecule has 1 amide bonds. The average molecular weight is 496 g/mol. The molecule has 0 fully saturated rings. The van der Waals surface area contributed by atoms with Gasteiger partial charge in [0.1, 0.15) is 11.6 Å². The molecule has 0 aliphatic heterocycles. The fraction of sp³-hybridized carbons (Fsp3) is 0.125. The summed E-state index contributed by atoms with van der Waals surface area (Å²) in [6.45, 7) is 1.68. The average Bonchev–Trinajstić information content (AvgIpc) is 3.28. The molecule has 0 spiro atoms. The first-order valence-electron chi connectivity index (χ1n) is 10.5. The SMILES string of the molecule is CC(NC(=O)c1ccccc1F)c1nnc(SCc2ccc(F)cc2)n1-c1ccc([N+](=O)[O-])cc1. The van der Waals surface area contributed by atoms with E-state index in [1.165, 1.54) is 54.2 Å². The van der Waals surface area contributed by atoms with E-state index < -0.39 is 22.7 Å². The number of nitrogens with one attached hydrogen (secondary N) is 1. The van der Waals surface area contributed by atoms with Crippen molar-refractivity contribution in [1.29, 1.82) is 0 Å². The predicted octanol–water partition coefficient (Wildman–Crippen LogP) is 5.24. The van der Waals surface area contributed by atoms with Gasteiger partial charge in [0.25, 0.3) is 11.6 Å². The Bertz CT molecular complexity index is 1360. The molecule has 1 heterocycles. The van der Waals surface area contributed by atoms with Crippen molar-refractivity contribution in [3.05, 3.63) is 111 Å². The van der Waals surface area contributed by atoms with Crippen molar-refractivity contribution >= 4 is 23.4 Å². The van der Waals surface area contributed by atoms with Crippen LogP contribution in [0.5, 0.6) is 0 Å². The van der Waals surface area contributed by atoms with Gasteiger partial charge in [-0.2, -0.15) is 0 Å². The van der Waals surface area contributed by atoms with Gasteiger partial charge in [-0.25, -0.2) is 8.78 Å². The van der Waals surface area contributed by atoms with Gasteiger partial charge in [0.15, 0.2) is 11.0 Å². The third-order valence-corrected chi connectivity index (χ3v) is 6.11. The molecular weight excluding hydrogens is 476 g/mol. The van der Waals surface area contributed by atoms with E-state index in [9.17, 15) is 23.7 Å². The minimum atomic E-state index is -0.676. The number of benzene rings is 3. The Morgan fingerprint density at radius 3 is 2.40 bits per heavy atom. The van der Waals surface area contributed by atoms with Gasteiger partial charge in [-0.1, -0.05) is 36.0 Å². The maximum absolute atomic E-state index is 14.1. The number of rotatable bonds is 8. The Morgan fingerprint density at radius 2 is 1.74 bits per heavy atom. The first-order chi connectivity index (χ1) is 16.8. The fourth-order valence-electron chi connectivity index (χ4n) is 3.33. The number of hydrogen-bond acceptors (Lipinski definition) is 6. The number of thioether (sulfide) groups is 1. The number of nitro benzene ring substituents is 1. The van der Waals surface area contributed by atoms with E-state index in [0.29, 0.717) is 22.4 Å². The Kier molecular flexibility index (Phi) is 7.16. The monoisotopic (exact) mass is 495 g/mol. The molecular formula is C24H19F2N5O3S. The summed E-state index contributed by atoms with van der Waals surface area (Å²) in [5, 5.41) is 22.7. The maximum atomic E-state index is 14.1. The molecule has 1 atom stereocenters. The van der Waals surface area contributed by atoms with Crippen LogP contribution in [0.4, 0.5) is 14.5 Å². The number of nitro groups is 1. The van der Waals surface area contributed by atoms with Gasteiger partial charge in [0, 0.05) is 23.6 Å². The lowest BCUT2D eigenvalue weighted by Gasteiger charge is -2.16. The third-order valence-electron chi connectivity index (χ3n) is 5.11. The zero-order valence-electron chi connectivity index (χ0n) is 18.4. The third kappa shape index (κ3) is 5.52. The largest absolute Gasteiger partial charge is 0.342 e. The van der Waals surface area contributed by atoms with Gasteiger partial charge in [-0.15, -0.1) is 10.2 Å². The second-order valence-corrected chi connectivity index (χ2v) is 8.48. The normalized spacial score (nSPS) is 11.7. The van der Waals surface area contributed by atoms with E-state index in [0.717, 1.165) is 5.56 Å². The topological polar surface area (TPSA) is 103 Å². The Balaban J connectivity index is 1.65. The number of halogens is 2. The highest BCUT2D eigenvalue weighted by molar-refractivity contribution is 7.98. The first kappa shape index (κ1) is 24.0. The van der Waals surface area contributed by atoms with Crippen molar-refractivity contribution in [3.8, 4) is 5.69 Å². The van der Waals surface area contributed by atoms with E-state index in [2.05, 4.69) is 15.5 Å². The second kappa shape index (κ2) is 10.4. The standard InChI is InChI=1S/C24H19F2N5O3S/c1-15(27-23(32)20-4-2-3-5-21(20)26)22-28-29-24(35-14-16-6-8-17(25)9-7-16)30(22)18-10-12-19(13-11-18)31(33)34/h2-13,15H,14H2,1H3,(H,27,32). The minimum absolute atomic E-state index is 0.0789. The Labute approximate surface area is 203 Å². The molecule has 0 aliphatic carbocycles. The summed E-state index contributed by atoms with van der Waals surface area (Å²) >= 11 is 1.33. The molecule has 0 aliphatic rings. The maximum Gasteiger partial charge on any atom is 0.269 e. The molecule has 0 saturated heterocycles. The van der Waals surface area contributed by atoms with Crippen LogP contribution in [-0.2, 0) is 5.75 Å². The molecule has 11 heteroatoms. The van der Waals surface area contributed by atoms with E-state index in [4.69, 9.17) is 0 Å². The van der Waals surface area contributed by atoms with Crippen LogP contribution in [0.15, 0.2) is 78.0 Å². The highest BCUT2D eigenvalue weighted by Gasteiger charge is 2.23. The van der Waals surface area contributed by atoms with Crippen molar-refractivity contribution in [1.82, 2.24) is 20.1 Å². The lowest BCUT2D eigenvalue weighted by Crippen LogP contribution is -2.29. The van der Waals surface area contributed by atoms with Crippen LogP contribution in [0, 0.1) is 21.7 Å². The zero-order chi connectivity index (χ0) is 24.9. The van der Waals surface area contributed by atoms with Crippen molar-refractivity contribution in [2.45, 2.75) is 23.9 Å². The van der Waals surface area contributed by atoms with Crippen LogP contribution in [0.1, 0.15) is 34.7 Å². The van der Waals surface area contributed by atoms with Crippen molar-refractivity contribution in [3.63, 3.8) is 0 Å². The number of non-ortho nitro benzene ring substituents is 1. The molecule has 0 bridgehead atoms. The second-order valence-electron chi connectivity index (χ2n) is 7.54. The molecule has 35 heavy (non-hydrogen) atoms. The number of aromatic nitrogens is 3. The summed E-state index contributed by atoms with van der Waals surface area (Å²) in [6.07, 6.45) is 0. The first-order valence-corrected chi connectivity index (χ1v) is 11.4. The van der Waals surface area contributed by atoms with E-state index in [-0.39, 0.29) is 17.1 Å². The summed E-state index contributed by atoms with van der Waals surface area (Å²) in [5.74, 6) is -0.792. The van der Waals surface area contributed by atoms with Crippen molar-refractivity contribution < 1.29 is 18.5 Å². The summed E-state index contributed by atoms with van der Waals surface area (Å²) in [7, 11) is 0. The van der Waals surface area contributed by atoms with Gasteiger partial charge in [0.2, 0.25) is 0 Å². The van der Waals surface area contributed by atoms with E-state index in [1.807, 2.05) is 0 Å². The Morgan fingerprint density at radius 1 is 1.06 bits per heavy atom. The quantitative estimate of drug-likeness (QED) is 0.204.